The molecular weight excluding hydrogens is 398 g/mol. The van der Waals surface area contributed by atoms with Crippen molar-refractivity contribution in [1.29, 1.82) is 0 Å². The largest absolute Gasteiger partial charge is 0.448 e. The van der Waals surface area contributed by atoms with E-state index in [1.54, 1.807) is 11.1 Å². The summed E-state index contributed by atoms with van der Waals surface area (Å²) in [6.45, 7) is 2.21. The zero-order valence-electron chi connectivity index (χ0n) is 16.4. The number of pyridine rings is 1. The van der Waals surface area contributed by atoms with E-state index in [0.717, 1.165) is 12.1 Å². The van der Waals surface area contributed by atoms with Crippen LogP contribution in [0.3, 0.4) is 0 Å². The van der Waals surface area contributed by atoms with Crippen LogP contribution >= 0.6 is 11.6 Å². The van der Waals surface area contributed by atoms with E-state index in [1.807, 2.05) is 36.4 Å². The number of aromatic nitrogens is 1. The van der Waals surface area contributed by atoms with Crippen molar-refractivity contribution < 1.29 is 9.53 Å². The average Bonchev–Trinajstić information content (AvgIpc) is 3.12. The molecule has 0 radical (unpaired) electrons. The van der Waals surface area contributed by atoms with E-state index in [0.29, 0.717) is 24.8 Å². The lowest BCUT2D eigenvalue weighted by atomic mass is 9.98. The first-order valence-corrected chi connectivity index (χ1v) is 10.5. The molecule has 2 heterocycles. The molecule has 1 amide bonds. The molecule has 1 saturated heterocycles. The summed E-state index contributed by atoms with van der Waals surface area (Å²) < 4.78 is 5.87. The molecule has 3 aromatic rings. The molecule has 1 N–H and O–H groups in total. The van der Waals surface area contributed by atoms with Crippen molar-refractivity contribution in [3.05, 3.63) is 88.7 Å². The molecule has 1 fully saturated rings. The van der Waals surface area contributed by atoms with Gasteiger partial charge in [-0.2, -0.15) is 0 Å². The fourth-order valence-electron chi connectivity index (χ4n) is 4.52. The minimum Gasteiger partial charge on any atom is -0.448 e. The van der Waals surface area contributed by atoms with Crippen LogP contribution in [0.15, 0.2) is 66.9 Å². The number of ether oxygens (including phenoxy) is 1. The highest BCUT2D eigenvalue weighted by atomic mass is 35.5. The van der Waals surface area contributed by atoms with E-state index < -0.39 is 0 Å². The highest BCUT2D eigenvalue weighted by molar-refractivity contribution is 6.30. The van der Waals surface area contributed by atoms with Crippen molar-refractivity contribution in [3.8, 4) is 11.1 Å². The number of piperazine rings is 1. The molecule has 0 spiro atoms. The third-order valence-electron chi connectivity index (χ3n) is 5.96. The Bertz CT molecular complexity index is 1040. The molecule has 5 rings (SSSR count). The number of benzene rings is 2. The maximum Gasteiger partial charge on any atom is 0.410 e. The van der Waals surface area contributed by atoms with Gasteiger partial charge in [0.1, 0.15) is 11.8 Å². The average molecular weight is 420 g/mol. The maximum absolute atomic E-state index is 13.1. The van der Waals surface area contributed by atoms with E-state index >= 15 is 0 Å². The summed E-state index contributed by atoms with van der Waals surface area (Å²) in [5.74, 6) is 0.0460. The van der Waals surface area contributed by atoms with Gasteiger partial charge in [-0.05, 0) is 28.3 Å². The van der Waals surface area contributed by atoms with Gasteiger partial charge in [-0.3, -0.25) is 4.90 Å². The standard InChI is InChI=1S/C24H22ClN3O2/c25-23-20(10-5-11-27-23)22-14-26-12-13-28(22)24(29)30-15-21-18-8-3-1-6-16(18)17-7-2-4-9-19(17)21/h1-11,21-22,26H,12-15H2. The van der Waals surface area contributed by atoms with Crippen molar-refractivity contribution in [3.63, 3.8) is 0 Å². The molecule has 2 aromatic carbocycles. The monoisotopic (exact) mass is 419 g/mol. The zero-order chi connectivity index (χ0) is 20.5. The second kappa shape index (κ2) is 8.09. The Hall–Kier alpha value is -2.89. The first-order chi connectivity index (χ1) is 14.7. The number of nitrogens with one attached hydrogen (secondary N) is 1. The first-order valence-electron chi connectivity index (χ1n) is 10.2. The molecule has 0 saturated carbocycles. The summed E-state index contributed by atoms with van der Waals surface area (Å²) in [5.41, 5.74) is 5.69. The van der Waals surface area contributed by atoms with Crippen molar-refractivity contribution in [2.45, 2.75) is 12.0 Å². The van der Waals surface area contributed by atoms with Crippen molar-refractivity contribution in [2.75, 3.05) is 26.2 Å². The number of hydrogen-bond donors (Lipinski definition) is 1. The van der Waals surface area contributed by atoms with Gasteiger partial charge in [-0.1, -0.05) is 66.2 Å². The molecule has 1 aromatic heterocycles. The lowest BCUT2D eigenvalue weighted by Crippen LogP contribution is -2.49. The number of amides is 1. The Balaban J connectivity index is 1.36. The number of nitrogens with zero attached hydrogens (tertiary/aromatic N) is 2. The van der Waals surface area contributed by atoms with E-state index in [9.17, 15) is 4.79 Å². The van der Waals surface area contributed by atoms with Crippen LogP contribution in [0.25, 0.3) is 11.1 Å². The highest BCUT2D eigenvalue weighted by Crippen LogP contribution is 2.44. The summed E-state index contributed by atoms with van der Waals surface area (Å²) in [7, 11) is 0. The van der Waals surface area contributed by atoms with Crippen molar-refractivity contribution in [2.24, 2.45) is 0 Å². The Morgan fingerprint density at radius 1 is 1.03 bits per heavy atom. The molecule has 1 atom stereocenters. The lowest BCUT2D eigenvalue weighted by molar-refractivity contribution is 0.0752. The normalized spacial score (nSPS) is 18.0. The molecule has 30 heavy (non-hydrogen) atoms. The molecule has 6 heteroatoms. The lowest BCUT2D eigenvalue weighted by Gasteiger charge is -2.36. The minimum absolute atomic E-state index is 0.0460. The number of rotatable bonds is 3. The van der Waals surface area contributed by atoms with Gasteiger partial charge in [0, 0.05) is 37.3 Å². The first kappa shape index (κ1) is 19.1. The second-order valence-corrected chi connectivity index (χ2v) is 7.96. The minimum atomic E-state index is -0.316. The molecule has 152 valence electrons. The number of fused-ring (bicyclic) bond motifs is 3. The summed E-state index contributed by atoms with van der Waals surface area (Å²) >= 11 is 6.30. The van der Waals surface area contributed by atoms with Gasteiger partial charge >= 0.3 is 6.09 Å². The van der Waals surface area contributed by atoms with Gasteiger partial charge in [0.05, 0.1) is 6.04 Å². The van der Waals surface area contributed by atoms with Gasteiger partial charge in [0.2, 0.25) is 0 Å². The number of halogens is 1. The predicted molar refractivity (Wildman–Crippen MR) is 117 cm³/mol. The van der Waals surface area contributed by atoms with Gasteiger partial charge in [-0.25, -0.2) is 9.78 Å². The maximum atomic E-state index is 13.1. The Morgan fingerprint density at radius 3 is 2.40 bits per heavy atom. The van der Waals surface area contributed by atoms with E-state index in [2.05, 4.69) is 34.6 Å². The van der Waals surface area contributed by atoms with Crippen LogP contribution in [0, 0.1) is 0 Å². The molecule has 1 aliphatic carbocycles. The van der Waals surface area contributed by atoms with Crippen LogP contribution in [0.4, 0.5) is 4.79 Å². The molecule has 0 bridgehead atoms. The third kappa shape index (κ3) is 3.34. The van der Waals surface area contributed by atoms with Gasteiger partial charge in [0.25, 0.3) is 0 Å². The smallest absolute Gasteiger partial charge is 0.410 e. The summed E-state index contributed by atoms with van der Waals surface area (Å²) in [4.78, 5) is 19.0. The Kier molecular flexibility index (Phi) is 5.15. The van der Waals surface area contributed by atoms with Crippen LogP contribution in [0.1, 0.15) is 28.7 Å². The van der Waals surface area contributed by atoms with E-state index in [-0.39, 0.29) is 18.1 Å². The van der Waals surface area contributed by atoms with Crippen LogP contribution < -0.4 is 5.32 Å². The topological polar surface area (TPSA) is 54.5 Å². The quantitative estimate of drug-likeness (QED) is 0.629. The fraction of sp³-hybridized carbons (Fsp3) is 0.250. The Labute approximate surface area is 180 Å². The van der Waals surface area contributed by atoms with Crippen molar-refractivity contribution >= 4 is 17.7 Å². The fourth-order valence-corrected chi connectivity index (χ4v) is 4.77. The van der Waals surface area contributed by atoms with Crippen molar-refractivity contribution in [1.82, 2.24) is 15.2 Å². The highest BCUT2D eigenvalue weighted by Gasteiger charge is 2.33. The van der Waals surface area contributed by atoms with E-state index in [1.165, 1.54) is 22.3 Å². The zero-order valence-corrected chi connectivity index (χ0v) is 17.2. The summed E-state index contributed by atoms with van der Waals surface area (Å²) in [6, 6.07) is 20.2. The van der Waals surface area contributed by atoms with Gasteiger partial charge in [-0.15, -0.1) is 0 Å². The predicted octanol–water partition coefficient (Wildman–Crippen LogP) is 4.63. The van der Waals surface area contributed by atoms with E-state index in [4.69, 9.17) is 16.3 Å². The third-order valence-corrected chi connectivity index (χ3v) is 6.28. The van der Waals surface area contributed by atoms with Gasteiger partial charge in [0.15, 0.2) is 0 Å². The van der Waals surface area contributed by atoms with Crippen LogP contribution in [0.5, 0.6) is 0 Å². The number of carbonyl (C=O) groups is 1. The van der Waals surface area contributed by atoms with Crippen LogP contribution in [0.2, 0.25) is 5.15 Å². The molecule has 1 unspecified atom stereocenters. The number of hydrogen-bond acceptors (Lipinski definition) is 4. The summed E-state index contributed by atoms with van der Waals surface area (Å²) in [6.07, 6.45) is 1.34. The van der Waals surface area contributed by atoms with Crippen LogP contribution in [-0.4, -0.2) is 42.2 Å². The molecular formula is C24H22ClN3O2. The molecule has 5 nitrogen and oxygen atoms in total. The molecule has 2 aliphatic rings. The number of carbonyl (C=O) groups excluding carboxylic acids is 1. The molecule has 1 aliphatic heterocycles. The Morgan fingerprint density at radius 2 is 1.70 bits per heavy atom. The van der Waals surface area contributed by atoms with Gasteiger partial charge < -0.3 is 10.1 Å². The second-order valence-electron chi connectivity index (χ2n) is 7.60. The summed E-state index contributed by atoms with van der Waals surface area (Å²) in [5, 5.41) is 3.75. The SMILES string of the molecule is O=C(OCC1c2ccccc2-c2ccccc21)N1CCNCC1c1cccnc1Cl. The van der Waals surface area contributed by atoms with Crippen LogP contribution in [-0.2, 0) is 4.74 Å².